The van der Waals surface area contributed by atoms with Crippen molar-refractivity contribution in [3.8, 4) is 5.88 Å². The van der Waals surface area contributed by atoms with E-state index >= 15 is 0 Å². The van der Waals surface area contributed by atoms with Gasteiger partial charge >= 0.3 is 18.4 Å². The van der Waals surface area contributed by atoms with Crippen molar-refractivity contribution in [2.24, 2.45) is 0 Å². The summed E-state index contributed by atoms with van der Waals surface area (Å²) in [6.45, 7) is 1.76. The van der Waals surface area contributed by atoms with Crippen molar-refractivity contribution in [3.63, 3.8) is 0 Å². The van der Waals surface area contributed by atoms with Crippen LogP contribution in [0, 0.1) is 6.92 Å². The molecular formula is C21H22F6N4O2. The standard InChI is InChI=1S/C21H22F6N4O2/c1-12-8-13-4-5-31(17(13)10-15(12)20(22,23)24)19(32)29-14-9-16(21(25,26)27)18(28-11-14)33-7-6-30(2)3/h8-11H,4-7H2,1-3H3,(H,29,32). The lowest BCUT2D eigenvalue weighted by Crippen LogP contribution is -2.33. The number of aromatic nitrogens is 1. The van der Waals surface area contributed by atoms with E-state index in [9.17, 15) is 31.1 Å². The lowest BCUT2D eigenvalue weighted by Gasteiger charge is -2.21. The van der Waals surface area contributed by atoms with Gasteiger partial charge < -0.3 is 15.0 Å². The Morgan fingerprint density at radius 3 is 2.39 bits per heavy atom. The summed E-state index contributed by atoms with van der Waals surface area (Å²) in [5, 5.41) is 2.29. The van der Waals surface area contributed by atoms with Crippen LogP contribution in [0.2, 0.25) is 0 Å². The lowest BCUT2D eigenvalue weighted by molar-refractivity contribution is -0.139. The molecule has 0 unspecified atom stereocenters. The van der Waals surface area contributed by atoms with Gasteiger partial charge in [-0.3, -0.25) is 4.90 Å². The quantitative estimate of drug-likeness (QED) is 0.620. The third-order valence-corrected chi connectivity index (χ3v) is 5.06. The van der Waals surface area contributed by atoms with Crippen molar-refractivity contribution in [1.82, 2.24) is 9.88 Å². The lowest BCUT2D eigenvalue weighted by atomic mass is 10.0. The molecule has 1 aliphatic heterocycles. The van der Waals surface area contributed by atoms with Gasteiger partial charge in [-0.25, -0.2) is 9.78 Å². The van der Waals surface area contributed by atoms with E-state index < -0.39 is 35.4 Å². The van der Waals surface area contributed by atoms with E-state index in [1.165, 1.54) is 13.0 Å². The van der Waals surface area contributed by atoms with Crippen LogP contribution in [0.4, 0.5) is 42.5 Å². The molecule has 0 saturated heterocycles. The van der Waals surface area contributed by atoms with Crippen LogP contribution in [0.3, 0.4) is 0 Å². The summed E-state index contributed by atoms with van der Waals surface area (Å²) in [7, 11) is 3.46. The number of likely N-dealkylation sites (N-methyl/N-ethyl adjacent to an activating group) is 1. The van der Waals surface area contributed by atoms with Gasteiger partial charge in [0.05, 0.1) is 17.4 Å². The number of nitrogens with zero attached hydrogens (tertiary/aromatic N) is 3. The number of benzene rings is 1. The average molecular weight is 476 g/mol. The number of halogens is 6. The zero-order valence-electron chi connectivity index (χ0n) is 18.1. The third-order valence-electron chi connectivity index (χ3n) is 5.06. The Kier molecular flexibility index (Phi) is 6.78. The summed E-state index contributed by atoms with van der Waals surface area (Å²) >= 11 is 0. The third kappa shape index (κ3) is 5.67. The minimum absolute atomic E-state index is 0.0275. The maximum absolute atomic E-state index is 13.5. The zero-order valence-corrected chi connectivity index (χ0v) is 18.1. The fraction of sp³-hybridized carbons (Fsp3) is 0.429. The Hall–Kier alpha value is -3.02. The summed E-state index contributed by atoms with van der Waals surface area (Å²) in [6.07, 6.45) is -8.06. The van der Waals surface area contributed by atoms with Gasteiger partial charge in [-0.05, 0) is 50.7 Å². The van der Waals surface area contributed by atoms with Gasteiger partial charge in [0.2, 0.25) is 5.88 Å². The molecule has 2 amide bonds. The minimum atomic E-state index is -4.79. The molecule has 0 atom stereocenters. The number of ether oxygens (including phenoxy) is 1. The number of hydrogen-bond donors (Lipinski definition) is 1. The molecule has 0 aliphatic carbocycles. The SMILES string of the molecule is Cc1cc2c(cc1C(F)(F)F)N(C(=O)Nc1cnc(OCCN(C)C)c(C(F)(F)F)c1)CC2. The fourth-order valence-electron chi connectivity index (χ4n) is 3.43. The smallest absolute Gasteiger partial charge is 0.421 e. The van der Waals surface area contributed by atoms with Crippen LogP contribution in [0.25, 0.3) is 0 Å². The van der Waals surface area contributed by atoms with E-state index in [1.54, 1.807) is 19.0 Å². The Morgan fingerprint density at radius 1 is 1.12 bits per heavy atom. The first-order chi connectivity index (χ1) is 15.3. The first-order valence-electron chi connectivity index (χ1n) is 9.91. The second-order valence-electron chi connectivity index (χ2n) is 7.85. The molecule has 1 aliphatic rings. The molecule has 0 radical (unpaired) electrons. The summed E-state index contributed by atoms with van der Waals surface area (Å²) in [5.41, 5.74) is -1.65. The van der Waals surface area contributed by atoms with Crippen molar-refractivity contribution >= 4 is 17.4 Å². The average Bonchev–Trinajstić information content (AvgIpc) is 3.09. The molecule has 1 N–H and O–H groups in total. The maximum atomic E-state index is 13.5. The number of amides is 2. The van der Waals surface area contributed by atoms with Gasteiger partial charge in [-0.1, -0.05) is 6.07 Å². The highest BCUT2D eigenvalue weighted by Gasteiger charge is 2.37. The van der Waals surface area contributed by atoms with Crippen molar-refractivity contribution < 1.29 is 35.9 Å². The summed E-state index contributed by atoms with van der Waals surface area (Å²) in [4.78, 5) is 19.2. The molecular weight excluding hydrogens is 454 g/mol. The highest BCUT2D eigenvalue weighted by Crippen LogP contribution is 2.39. The van der Waals surface area contributed by atoms with Crippen LogP contribution in [-0.2, 0) is 18.8 Å². The van der Waals surface area contributed by atoms with Gasteiger partial charge in [0.25, 0.3) is 0 Å². The molecule has 2 aromatic rings. The molecule has 1 aromatic heterocycles. The largest absolute Gasteiger partial charge is 0.476 e. The zero-order chi connectivity index (χ0) is 24.6. The molecule has 2 heterocycles. The number of aryl methyl sites for hydroxylation is 1. The maximum Gasteiger partial charge on any atom is 0.421 e. The summed E-state index contributed by atoms with van der Waals surface area (Å²) < 4.78 is 85.4. The second kappa shape index (κ2) is 9.08. The van der Waals surface area contributed by atoms with Crippen molar-refractivity contribution in [2.45, 2.75) is 25.7 Å². The monoisotopic (exact) mass is 476 g/mol. The van der Waals surface area contributed by atoms with Gasteiger partial charge in [0, 0.05) is 18.8 Å². The highest BCUT2D eigenvalue weighted by atomic mass is 19.4. The number of carbonyl (C=O) groups excluding carboxylic acids is 1. The number of anilines is 2. The van der Waals surface area contributed by atoms with Crippen LogP contribution >= 0.6 is 0 Å². The summed E-state index contributed by atoms with van der Waals surface area (Å²) in [6, 6.07) is 2.08. The number of pyridine rings is 1. The van der Waals surface area contributed by atoms with Crippen LogP contribution in [0.5, 0.6) is 5.88 Å². The second-order valence-corrected chi connectivity index (χ2v) is 7.85. The number of hydrogen-bond acceptors (Lipinski definition) is 4. The Balaban J connectivity index is 1.83. The predicted octanol–water partition coefficient (Wildman–Crippen LogP) is 4.96. The van der Waals surface area contributed by atoms with Crippen LogP contribution in [-0.4, -0.2) is 49.7 Å². The van der Waals surface area contributed by atoms with E-state index in [2.05, 4.69) is 10.3 Å². The van der Waals surface area contributed by atoms with Crippen molar-refractivity contribution in [2.75, 3.05) is 44.0 Å². The van der Waals surface area contributed by atoms with Crippen LogP contribution in [0.15, 0.2) is 24.4 Å². The Bertz CT molecular complexity index is 1040. The molecule has 6 nitrogen and oxygen atoms in total. The first-order valence-corrected chi connectivity index (χ1v) is 9.91. The summed E-state index contributed by atoms with van der Waals surface area (Å²) in [5.74, 6) is -0.626. The normalized spacial score (nSPS) is 13.9. The predicted molar refractivity (Wildman–Crippen MR) is 110 cm³/mol. The van der Waals surface area contributed by atoms with E-state index in [1.807, 2.05) is 0 Å². The van der Waals surface area contributed by atoms with E-state index in [0.717, 1.165) is 17.2 Å². The fourth-order valence-corrected chi connectivity index (χ4v) is 3.43. The molecule has 3 rings (SSSR count). The number of fused-ring (bicyclic) bond motifs is 1. The number of urea groups is 1. The number of alkyl halides is 6. The van der Waals surface area contributed by atoms with Crippen LogP contribution in [0.1, 0.15) is 22.3 Å². The van der Waals surface area contributed by atoms with Gasteiger partial charge in [0.1, 0.15) is 12.2 Å². The first kappa shape index (κ1) is 24.6. The molecule has 33 heavy (non-hydrogen) atoms. The van der Waals surface area contributed by atoms with Gasteiger partial charge in [0.15, 0.2) is 0 Å². The molecule has 1 aromatic carbocycles. The minimum Gasteiger partial charge on any atom is -0.476 e. The van der Waals surface area contributed by atoms with E-state index in [0.29, 0.717) is 24.6 Å². The molecule has 0 bridgehead atoms. The highest BCUT2D eigenvalue weighted by molar-refractivity contribution is 6.03. The molecule has 0 fully saturated rings. The molecule has 0 saturated carbocycles. The number of nitrogens with one attached hydrogen (secondary N) is 1. The molecule has 180 valence electrons. The topological polar surface area (TPSA) is 57.7 Å². The van der Waals surface area contributed by atoms with Crippen LogP contribution < -0.4 is 15.0 Å². The number of rotatable bonds is 5. The van der Waals surface area contributed by atoms with Gasteiger partial charge in [-0.15, -0.1) is 0 Å². The number of carbonyl (C=O) groups is 1. The van der Waals surface area contributed by atoms with Crippen molar-refractivity contribution in [3.05, 3.63) is 46.6 Å². The Labute approximate surface area is 186 Å². The van der Waals surface area contributed by atoms with E-state index in [-0.39, 0.29) is 30.1 Å². The van der Waals surface area contributed by atoms with E-state index in [4.69, 9.17) is 4.74 Å². The Morgan fingerprint density at radius 2 is 1.79 bits per heavy atom. The molecule has 0 spiro atoms. The van der Waals surface area contributed by atoms with Crippen molar-refractivity contribution in [1.29, 1.82) is 0 Å². The molecule has 12 heteroatoms. The van der Waals surface area contributed by atoms with Gasteiger partial charge in [-0.2, -0.15) is 26.3 Å².